The molecule has 0 aliphatic heterocycles. The standard InChI is InChI=1S/C7H7ClO/c1-2-5-6(8)3-4-7(5)9/h2H,1,3-4H2. The molecule has 0 amide bonds. The number of hydrogen-bond acceptors (Lipinski definition) is 1. The Morgan fingerprint density at radius 1 is 1.56 bits per heavy atom. The van der Waals surface area contributed by atoms with Crippen LogP contribution >= 0.6 is 11.6 Å². The minimum atomic E-state index is 0.120. The molecule has 0 aromatic carbocycles. The van der Waals surface area contributed by atoms with Gasteiger partial charge in [0.15, 0.2) is 5.78 Å². The van der Waals surface area contributed by atoms with E-state index in [0.29, 0.717) is 23.4 Å². The maximum atomic E-state index is 10.8. The van der Waals surface area contributed by atoms with Crippen molar-refractivity contribution in [3.8, 4) is 0 Å². The monoisotopic (exact) mass is 142 g/mol. The van der Waals surface area contributed by atoms with E-state index < -0.39 is 0 Å². The number of ketones is 1. The minimum Gasteiger partial charge on any atom is -0.294 e. The van der Waals surface area contributed by atoms with Crippen LogP contribution in [0.15, 0.2) is 23.3 Å². The Bertz CT molecular complexity index is 191. The fraction of sp³-hybridized carbons (Fsp3) is 0.286. The van der Waals surface area contributed by atoms with E-state index in [1.54, 1.807) is 0 Å². The topological polar surface area (TPSA) is 17.1 Å². The van der Waals surface area contributed by atoms with Gasteiger partial charge in [-0.05, 0) is 6.42 Å². The smallest absolute Gasteiger partial charge is 0.164 e. The normalized spacial score (nSPS) is 19.0. The number of carbonyl (C=O) groups excluding carboxylic acids is 1. The third kappa shape index (κ3) is 1.06. The van der Waals surface area contributed by atoms with E-state index in [-0.39, 0.29) is 5.78 Å². The molecule has 2 heteroatoms. The largest absolute Gasteiger partial charge is 0.294 e. The first-order valence-corrected chi connectivity index (χ1v) is 3.18. The molecule has 48 valence electrons. The molecule has 0 aromatic rings. The highest BCUT2D eigenvalue weighted by Gasteiger charge is 2.18. The number of rotatable bonds is 1. The summed E-state index contributed by atoms with van der Waals surface area (Å²) in [6.07, 6.45) is 2.78. The van der Waals surface area contributed by atoms with Crippen LogP contribution in [0.3, 0.4) is 0 Å². The quantitative estimate of drug-likeness (QED) is 0.548. The summed E-state index contributed by atoms with van der Waals surface area (Å²) in [4.78, 5) is 10.8. The summed E-state index contributed by atoms with van der Waals surface area (Å²) in [6.45, 7) is 3.48. The lowest BCUT2D eigenvalue weighted by atomic mass is 10.2. The molecule has 0 heterocycles. The van der Waals surface area contributed by atoms with Gasteiger partial charge in [0.2, 0.25) is 0 Å². The molecule has 0 unspecified atom stereocenters. The van der Waals surface area contributed by atoms with Crippen LogP contribution in [0.25, 0.3) is 0 Å². The summed E-state index contributed by atoms with van der Waals surface area (Å²) in [5, 5.41) is 0.662. The summed E-state index contributed by atoms with van der Waals surface area (Å²) in [7, 11) is 0. The molecule has 0 spiro atoms. The van der Waals surface area contributed by atoms with E-state index in [1.807, 2.05) is 0 Å². The second-order valence-electron chi connectivity index (χ2n) is 1.95. The average molecular weight is 143 g/mol. The van der Waals surface area contributed by atoms with Crippen molar-refractivity contribution in [3.05, 3.63) is 23.3 Å². The molecule has 0 bridgehead atoms. The van der Waals surface area contributed by atoms with Gasteiger partial charge in [0, 0.05) is 17.0 Å². The zero-order valence-corrected chi connectivity index (χ0v) is 5.74. The third-order valence-corrected chi connectivity index (χ3v) is 1.76. The predicted octanol–water partition coefficient (Wildman–Crippen LogP) is 2.03. The summed E-state index contributed by atoms with van der Waals surface area (Å²) < 4.78 is 0. The highest BCUT2D eigenvalue weighted by Crippen LogP contribution is 2.25. The molecule has 0 fully saturated rings. The van der Waals surface area contributed by atoms with Gasteiger partial charge in [0.05, 0.1) is 0 Å². The molecule has 1 nitrogen and oxygen atoms in total. The maximum absolute atomic E-state index is 10.8. The molecule has 1 aliphatic carbocycles. The number of allylic oxidation sites excluding steroid dienone is 3. The lowest BCUT2D eigenvalue weighted by Crippen LogP contribution is -1.90. The van der Waals surface area contributed by atoms with Gasteiger partial charge in [-0.2, -0.15) is 0 Å². The average Bonchev–Trinajstić information content (AvgIpc) is 2.12. The molecule has 0 N–H and O–H groups in total. The van der Waals surface area contributed by atoms with Crippen LogP contribution in [0.1, 0.15) is 12.8 Å². The van der Waals surface area contributed by atoms with E-state index in [9.17, 15) is 4.79 Å². The summed E-state index contributed by atoms with van der Waals surface area (Å²) in [5.41, 5.74) is 0.608. The van der Waals surface area contributed by atoms with Crippen molar-refractivity contribution >= 4 is 17.4 Å². The molecule has 0 saturated heterocycles. The Morgan fingerprint density at radius 3 is 2.44 bits per heavy atom. The van der Waals surface area contributed by atoms with E-state index in [4.69, 9.17) is 11.6 Å². The summed E-state index contributed by atoms with van der Waals surface area (Å²) in [5.74, 6) is 0.120. The van der Waals surface area contributed by atoms with Crippen molar-refractivity contribution in [1.82, 2.24) is 0 Å². The van der Waals surface area contributed by atoms with Crippen LogP contribution in [-0.4, -0.2) is 5.78 Å². The fourth-order valence-electron chi connectivity index (χ4n) is 0.868. The second-order valence-corrected chi connectivity index (χ2v) is 2.40. The van der Waals surface area contributed by atoms with Gasteiger partial charge in [-0.25, -0.2) is 0 Å². The first-order chi connectivity index (χ1) is 4.25. The lowest BCUT2D eigenvalue weighted by Gasteiger charge is -1.86. The van der Waals surface area contributed by atoms with E-state index in [1.165, 1.54) is 6.08 Å². The van der Waals surface area contributed by atoms with Gasteiger partial charge in [-0.15, -0.1) is 0 Å². The highest BCUT2D eigenvalue weighted by atomic mass is 35.5. The van der Waals surface area contributed by atoms with Gasteiger partial charge in [0.1, 0.15) is 0 Å². The fourth-order valence-corrected chi connectivity index (χ4v) is 1.15. The minimum absolute atomic E-state index is 0.120. The molecule has 9 heavy (non-hydrogen) atoms. The molecule has 1 rings (SSSR count). The Balaban J connectivity index is 2.94. The highest BCUT2D eigenvalue weighted by molar-refractivity contribution is 6.33. The number of halogens is 1. The van der Waals surface area contributed by atoms with Crippen molar-refractivity contribution in [2.24, 2.45) is 0 Å². The van der Waals surface area contributed by atoms with Crippen LogP contribution in [0.4, 0.5) is 0 Å². The first-order valence-electron chi connectivity index (χ1n) is 2.80. The molecular weight excluding hydrogens is 136 g/mol. The van der Waals surface area contributed by atoms with Crippen LogP contribution in [-0.2, 0) is 4.79 Å². The molecule has 0 aromatic heterocycles. The van der Waals surface area contributed by atoms with Crippen molar-refractivity contribution in [1.29, 1.82) is 0 Å². The third-order valence-electron chi connectivity index (χ3n) is 1.37. The van der Waals surface area contributed by atoms with Gasteiger partial charge in [-0.3, -0.25) is 4.79 Å². The van der Waals surface area contributed by atoms with Gasteiger partial charge in [-0.1, -0.05) is 24.3 Å². The Labute approximate surface area is 59.0 Å². The molecular formula is C7H7ClO. The van der Waals surface area contributed by atoms with E-state index >= 15 is 0 Å². The zero-order chi connectivity index (χ0) is 6.85. The van der Waals surface area contributed by atoms with Crippen LogP contribution < -0.4 is 0 Å². The molecule has 0 atom stereocenters. The van der Waals surface area contributed by atoms with Crippen molar-refractivity contribution in [2.45, 2.75) is 12.8 Å². The Kier molecular flexibility index (Phi) is 1.72. The number of hydrogen-bond donors (Lipinski definition) is 0. The summed E-state index contributed by atoms with van der Waals surface area (Å²) in [6, 6.07) is 0. The van der Waals surface area contributed by atoms with E-state index in [2.05, 4.69) is 6.58 Å². The summed E-state index contributed by atoms with van der Waals surface area (Å²) >= 11 is 5.66. The Morgan fingerprint density at radius 2 is 2.22 bits per heavy atom. The van der Waals surface area contributed by atoms with Gasteiger partial charge < -0.3 is 0 Å². The maximum Gasteiger partial charge on any atom is 0.164 e. The molecule has 0 saturated carbocycles. The van der Waals surface area contributed by atoms with Gasteiger partial charge in [0.25, 0.3) is 0 Å². The molecule has 0 radical (unpaired) electrons. The second kappa shape index (κ2) is 2.36. The lowest BCUT2D eigenvalue weighted by molar-refractivity contribution is -0.114. The molecule has 1 aliphatic rings. The zero-order valence-electron chi connectivity index (χ0n) is 4.98. The van der Waals surface area contributed by atoms with Crippen LogP contribution in [0.2, 0.25) is 0 Å². The van der Waals surface area contributed by atoms with E-state index in [0.717, 1.165) is 0 Å². The predicted molar refractivity (Wildman–Crippen MR) is 37.3 cm³/mol. The van der Waals surface area contributed by atoms with Crippen molar-refractivity contribution in [2.75, 3.05) is 0 Å². The van der Waals surface area contributed by atoms with Gasteiger partial charge >= 0.3 is 0 Å². The Hall–Kier alpha value is -0.560. The van der Waals surface area contributed by atoms with Crippen molar-refractivity contribution in [3.63, 3.8) is 0 Å². The number of Topliss-reactive ketones (excluding diaryl/α,β-unsaturated/α-hetero) is 1. The van der Waals surface area contributed by atoms with Crippen LogP contribution in [0.5, 0.6) is 0 Å². The van der Waals surface area contributed by atoms with Crippen LogP contribution in [0, 0.1) is 0 Å². The first kappa shape index (κ1) is 6.56. The van der Waals surface area contributed by atoms with Crippen molar-refractivity contribution < 1.29 is 4.79 Å². The SMILES string of the molecule is C=CC1=C(Cl)CCC1=O. The number of carbonyl (C=O) groups is 1.